The molecular formula is C8H18N2O2. The Balaban J connectivity index is 3.71. The fourth-order valence-electron chi connectivity index (χ4n) is 0.945. The van der Waals surface area contributed by atoms with E-state index in [1.165, 1.54) is 0 Å². The van der Waals surface area contributed by atoms with Gasteiger partial charge in [-0.3, -0.25) is 4.79 Å². The molecule has 0 rings (SSSR count). The van der Waals surface area contributed by atoms with Crippen LogP contribution in [-0.2, 0) is 9.53 Å². The lowest BCUT2D eigenvalue weighted by Gasteiger charge is -2.13. The number of hydrogen-bond donors (Lipinski definition) is 2. The summed E-state index contributed by atoms with van der Waals surface area (Å²) in [5.41, 5.74) is 5.33. The standard InChI is InChI=1S/C8H18N2O2/c1-3-12-8(11)7(10-2)5-4-6-9/h7,10H,3-6,9H2,1-2H3/t7-/m1/s1. The van der Waals surface area contributed by atoms with E-state index in [0.29, 0.717) is 13.2 Å². The minimum Gasteiger partial charge on any atom is -0.465 e. The predicted molar refractivity (Wildman–Crippen MR) is 47.8 cm³/mol. The molecule has 0 radical (unpaired) electrons. The quantitative estimate of drug-likeness (QED) is 0.551. The fraction of sp³-hybridized carbons (Fsp3) is 0.875. The molecule has 3 N–H and O–H groups in total. The van der Waals surface area contributed by atoms with Gasteiger partial charge in [0, 0.05) is 0 Å². The van der Waals surface area contributed by atoms with Crippen LogP contribution in [0.25, 0.3) is 0 Å². The van der Waals surface area contributed by atoms with Gasteiger partial charge in [-0.05, 0) is 33.4 Å². The zero-order chi connectivity index (χ0) is 9.40. The van der Waals surface area contributed by atoms with Crippen molar-refractivity contribution in [1.82, 2.24) is 5.32 Å². The van der Waals surface area contributed by atoms with E-state index in [2.05, 4.69) is 5.32 Å². The summed E-state index contributed by atoms with van der Waals surface area (Å²) in [7, 11) is 1.75. The maximum atomic E-state index is 11.2. The van der Waals surface area contributed by atoms with Crippen LogP contribution in [0.1, 0.15) is 19.8 Å². The van der Waals surface area contributed by atoms with E-state index < -0.39 is 0 Å². The third-order valence-corrected chi connectivity index (χ3v) is 1.62. The van der Waals surface area contributed by atoms with Crippen LogP contribution in [-0.4, -0.2) is 32.2 Å². The summed E-state index contributed by atoms with van der Waals surface area (Å²) >= 11 is 0. The molecule has 0 aromatic carbocycles. The molecule has 4 heteroatoms. The second-order valence-electron chi connectivity index (χ2n) is 2.52. The molecule has 4 nitrogen and oxygen atoms in total. The maximum absolute atomic E-state index is 11.2. The Morgan fingerprint density at radius 2 is 2.33 bits per heavy atom. The van der Waals surface area contributed by atoms with Crippen LogP contribution >= 0.6 is 0 Å². The highest BCUT2D eigenvalue weighted by Gasteiger charge is 2.15. The van der Waals surface area contributed by atoms with Crippen molar-refractivity contribution in [2.24, 2.45) is 5.73 Å². The van der Waals surface area contributed by atoms with Gasteiger partial charge in [0.15, 0.2) is 0 Å². The summed E-state index contributed by atoms with van der Waals surface area (Å²) in [6, 6.07) is -0.200. The summed E-state index contributed by atoms with van der Waals surface area (Å²) in [4.78, 5) is 11.2. The summed E-state index contributed by atoms with van der Waals surface area (Å²) in [6.07, 6.45) is 1.58. The monoisotopic (exact) mass is 174 g/mol. The molecule has 0 aromatic heterocycles. The molecule has 12 heavy (non-hydrogen) atoms. The molecule has 0 amide bonds. The van der Waals surface area contributed by atoms with E-state index in [9.17, 15) is 4.79 Å². The minimum absolute atomic E-state index is 0.187. The molecule has 1 atom stereocenters. The third kappa shape index (κ3) is 4.31. The van der Waals surface area contributed by atoms with Gasteiger partial charge < -0.3 is 15.8 Å². The zero-order valence-electron chi connectivity index (χ0n) is 7.80. The van der Waals surface area contributed by atoms with Crippen LogP contribution in [0.2, 0.25) is 0 Å². The predicted octanol–water partition coefficient (Wildman–Crippen LogP) is -0.124. The summed E-state index contributed by atoms with van der Waals surface area (Å²) in [5.74, 6) is -0.187. The van der Waals surface area contributed by atoms with Gasteiger partial charge >= 0.3 is 5.97 Å². The average molecular weight is 174 g/mol. The molecule has 0 saturated heterocycles. The molecule has 0 saturated carbocycles. The Morgan fingerprint density at radius 1 is 1.67 bits per heavy atom. The lowest BCUT2D eigenvalue weighted by Crippen LogP contribution is -2.35. The molecule has 72 valence electrons. The Hall–Kier alpha value is -0.610. The van der Waals surface area contributed by atoms with Crippen molar-refractivity contribution < 1.29 is 9.53 Å². The first-order valence-corrected chi connectivity index (χ1v) is 4.30. The molecule has 0 heterocycles. The van der Waals surface area contributed by atoms with E-state index in [1.54, 1.807) is 14.0 Å². The van der Waals surface area contributed by atoms with Crippen molar-refractivity contribution in [2.45, 2.75) is 25.8 Å². The number of carbonyl (C=O) groups excluding carboxylic acids is 1. The number of rotatable bonds is 6. The van der Waals surface area contributed by atoms with E-state index in [0.717, 1.165) is 12.8 Å². The van der Waals surface area contributed by atoms with Crippen LogP contribution in [0.15, 0.2) is 0 Å². The SMILES string of the molecule is CCOC(=O)[C@@H](CCCN)NC. The van der Waals surface area contributed by atoms with E-state index >= 15 is 0 Å². The van der Waals surface area contributed by atoms with E-state index in [1.807, 2.05) is 0 Å². The van der Waals surface area contributed by atoms with Crippen LogP contribution in [0.3, 0.4) is 0 Å². The number of likely N-dealkylation sites (N-methyl/N-ethyl adjacent to an activating group) is 1. The Morgan fingerprint density at radius 3 is 2.75 bits per heavy atom. The molecule has 0 aliphatic rings. The fourth-order valence-corrected chi connectivity index (χ4v) is 0.945. The van der Waals surface area contributed by atoms with E-state index in [-0.39, 0.29) is 12.0 Å². The lowest BCUT2D eigenvalue weighted by atomic mass is 10.1. The van der Waals surface area contributed by atoms with Gasteiger partial charge in [0.05, 0.1) is 6.61 Å². The number of nitrogens with one attached hydrogen (secondary N) is 1. The summed E-state index contributed by atoms with van der Waals surface area (Å²) < 4.78 is 4.85. The summed E-state index contributed by atoms with van der Waals surface area (Å²) in [6.45, 7) is 2.84. The molecule has 0 bridgehead atoms. The van der Waals surface area contributed by atoms with Crippen molar-refractivity contribution in [3.8, 4) is 0 Å². The Labute approximate surface area is 73.5 Å². The van der Waals surface area contributed by atoms with Crippen molar-refractivity contribution in [3.05, 3.63) is 0 Å². The first kappa shape index (κ1) is 11.4. The topological polar surface area (TPSA) is 64.3 Å². The second kappa shape index (κ2) is 7.06. The lowest BCUT2D eigenvalue weighted by molar-refractivity contribution is -0.145. The second-order valence-corrected chi connectivity index (χ2v) is 2.52. The van der Waals surface area contributed by atoms with Crippen molar-refractivity contribution in [3.63, 3.8) is 0 Å². The van der Waals surface area contributed by atoms with Gasteiger partial charge in [-0.25, -0.2) is 0 Å². The molecule has 0 unspecified atom stereocenters. The first-order chi connectivity index (χ1) is 5.76. The third-order valence-electron chi connectivity index (χ3n) is 1.62. The minimum atomic E-state index is -0.200. The number of hydrogen-bond acceptors (Lipinski definition) is 4. The van der Waals surface area contributed by atoms with Crippen LogP contribution in [0.4, 0.5) is 0 Å². The van der Waals surface area contributed by atoms with Gasteiger partial charge in [-0.2, -0.15) is 0 Å². The molecule has 0 aliphatic heterocycles. The molecule has 0 aliphatic carbocycles. The number of nitrogens with two attached hydrogens (primary N) is 1. The van der Waals surface area contributed by atoms with Crippen LogP contribution in [0, 0.1) is 0 Å². The zero-order valence-corrected chi connectivity index (χ0v) is 7.80. The van der Waals surface area contributed by atoms with Crippen molar-refractivity contribution in [2.75, 3.05) is 20.2 Å². The molecular weight excluding hydrogens is 156 g/mol. The van der Waals surface area contributed by atoms with Crippen molar-refractivity contribution >= 4 is 5.97 Å². The average Bonchev–Trinajstić information content (AvgIpc) is 2.06. The van der Waals surface area contributed by atoms with Gasteiger partial charge in [-0.1, -0.05) is 0 Å². The van der Waals surface area contributed by atoms with Gasteiger partial charge in [-0.15, -0.1) is 0 Å². The first-order valence-electron chi connectivity index (χ1n) is 4.30. The molecule has 0 aromatic rings. The van der Waals surface area contributed by atoms with Gasteiger partial charge in [0.2, 0.25) is 0 Å². The molecule has 0 fully saturated rings. The van der Waals surface area contributed by atoms with Gasteiger partial charge in [0.1, 0.15) is 6.04 Å². The van der Waals surface area contributed by atoms with Crippen LogP contribution in [0.5, 0.6) is 0 Å². The number of esters is 1. The largest absolute Gasteiger partial charge is 0.465 e. The normalized spacial score (nSPS) is 12.6. The molecule has 0 spiro atoms. The maximum Gasteiger partial charge on any atom is 0.323 e. The Kier molecular flexibility index (Phi) is 6.70. The smallest absolute Gasteiger partial charge is 0.323 e. The van der Waals surface area contributed by atoms with Gasteiger partial charge in [0.25, 0.3) is 0 Å². The van der Waals surface area contributed by atoms with E-state index in [4.69, 9.17) is 10.5 Å². The Bertz CT molecular complexity index is 128. The van der Waals surface area contributed by atoms with Crippen molar-refractivity contribution in [1.29, 1.82) is 0 Å². The van der Waals surface area contributed by atoms with Crippen LogP contribution < -0.4 is 11.1 Å². The number of ether oxygens (including phenoxy) is 1. The highest BCUT2D eigenvalue weighted by Crippen LogP contribution is 1.97. The number of carbonyl (C=O) groups is 1. The highest BCUT2D eigenvalue weighted by molar-refractivity contribution is 5.75. The highest BCUT2D eigenvalue weighted by atomic mass is 16.5. The summed E-state index contributed by atoms with van der Waals surface area (Å²) in [5, 5.41) is 2.89.